The fourth-order valence-corrected chi connectivity index (χ4v) is 2.87. The minimum absolute atomic E-state index is 0.0983. The normalized spacial score (nSPS) is 21.4. The van der Waals surface area contributed by atoms with Gasteiger partial charge in [0.2, 0.25) is 5.91 Å². The molecule has 2 N–H and O–H groups in total. The van der Waals surface area contributed by atoms with Gasteiger partial charge in [-0.25, -0.2) is 0 Å². The Kier molecular flexibility index (Phi) is 4.19. The van der Waals surface area contributed by atoms with Crippen molar-refractivity contribution in [2.45, 2.75) is 40.2 Å². The van der Waals surface area contributed by atoms with E-state index in [1.807, 2.05) is 17.0 Å². The van der Waals surface area contributed by atoms with Crippen LogP contribution >= 0.6 is 0 Å². The Labute approximate surface area is 122 Å². The van der Waals surface area contributed by atoms with Crippen molar-refractivity contribution in [2.75, 3.05) is 13.1 Å². The third kappa shape index (κ3) is 3.21. The number of hydrogen-bond donors (Lipinski definition) is 1. The van der Waals surface area contributed by atoms with Gasteiger partial charge in [0.25, 0.3) is 0 Å². The highest BCUT2D eigenvalue weighted by molar-refractivity contribution is 5.78. The molecule has 1 aliphatic rings. The minimum Gasteiger partial charge on any atom is -0.340 e. The molecule has 0 radical (unpaired) electrons. The molecule has 1 heterocycles. The highest BCUT2D eigenvalue weighted by atomic mass is 16.2. The SMILES string of the molecule is Cc1ccccc1C(N)CN1CC(C(C)(C)C)CC1=O. The van der Waals surface area contributed by atoms with Crippen LogP contribution in [0.4, 0.5) is 0 Å². The summed E-state index contributed by atoms with van der Waals surface area (Å²) in [5.41, 5.74) is 8.81. The summed E-state index contributed by atoms with van der Waals surface area (Å²) >= 11 is 0. The molecule has 3 heteroatoms. The van der Waals surface area contributed by atoms with Crippen LogP contribution in [0.15, 0.2) is 24.3 Å². The molecule has 0 aromatic heterocycles. The zero-order valence-corrected chi connectivity index (χ0v) is 13.0. The predicted octanol–water partition coefficient (Wildman–Crippen LogP) is 2.89. The second-order valence-electron chi connectivity index (χ2n) is 7.03. The monoisotopic (exact) mass is 274 g/mol. The van der Waals surface area contributed by atoms with Gasteiger partial charge >= 0.3 is 0 Å². The molecule has 20 heavy (non-hydrogen) atoms. The van der Waals surface area contributed by atoms with Gasteiger partial charge in [-0.3, -0.25) is 4.79 Å². The molecule has 1 saturated heterocycles. The molecule has 0 spiro atoms. The van der Waals surface area contributed by atoms with Crippen LogP contribution in [0.3, 0.4) is 0 Å². The van der Waals surface area contributed by atoms with Gasteiger partial charge in [-0.2, -0.15) is 0 Å². The van der Waals surface area contributed by atoms with Crippen molar-refractivity contribution in [2.24, 2.45) is 17.1 Å². The molecule has 0 bridgehead atoms. The zero-order valence-electron chi connectivity index (χ0n) is 13.0. The average Bonchev–Trinajstić information content (AvgIpc) is 2.71. The summed E-state index contributed by atoms with van der Waals surface area (Å²) in [7, 11) is 0. The van der Waals surface area contributed by atoms with Gasteiger partial charge in [0.05, 0.1) is 0 Å². The summed E-state index contributed by atoms with van der Waals surface area (Å²) in [6, 6.07) is 8.05. The lowest BCUT2D eigenvalue weighted by atomic mass is 9.80. The average molecular weight is 274 g/mol. The van der Waals surface area contributed by atoms with E-state index in [0.29, 0.717) is 18.9 Å². The van der Waals surface area contributed by atoms with Crippen molar-refractivity contribution in [3.63, 3.8) is 0 Å². The Bertz CT molecular complexity index is 490. The fourth-order valence-electron chi connectivity index (χ4n) is 2.87. The molecule has 1 fully saturated rings. The van der Waals surface area contributed by atoms with Gasteiger partial charge < -0.3 is 10.6 Å². The van der Waals surface area contributed by atoms with Crippen molar-refractivity contribution in [3.05, 3.63) is 35.4 Å². The quantitative estimate of drug-likeness (QED) is 0.921. The smallest absolute Gasteiger partial charge is 0.223 e. The molecule has 2 rings (SSSR count). The number of carbonyl (C=O) groups is 1. The van der Waals surface area contributed by atoms with E-state index in [-0.39, 0.29) is 17.4 Å². The van der Waals surface area contributed by atoms with Crippen molar-refractivity contribution in [1.29, 1.82) is 0 Å². The molecule has 0 aliphatic carbocycles. The van der Waals surface area contributed by atoms with Gasteiger partial charge in [0.1, 0.15) is 0 Å². The van der Waals surface area contributed by atoms with Crippen LogP contribution in [0.2, 0.25) is 0 Å². The largest absolute Gasteiger partial charge is 0.340 e. The molecule has 1 amide bonds. The standard InChI is InChI=1S/C17H26N2O/c1-12-7-5-6-8-14(12)15(18)11-19-10-13(9-16(19)20)17(2,3)4/h5-8,13,15H,9-11,18H2,1-4H3. The second-order valence-corrected chi connectivity index (χ2v) is 7.03. The number of amides is 1. The maximum Gasteiger partial charge on any atom is 0.223 e. The van der Waals surface area contributed by atoms with E-state index >= 15 is 0 Å². The Morgan fingerprint density at radius 1 is 1.35 bits per heavy atom. The summed E-state index contributed by atoms with van der Waals surface area (Å²) < 4.78 is 0. The van der Waals surface area contributed by atoms with Gasteiger partial charge in [-0.1, -0.05) is 45.0 Å². The molecule has 2 atom stereocenters. The number of rotatable bonds is 3. The predicted molar refractivity (Wildman–Crippen MR) is 82.2 cm³/mol. The minimum atomic E-state index is -0.0983. The summed E-state index contributed by atoms with van der Waals surface area (Å²) in [5, 5.41) is 0. The summed E-state index contributed by atoms with van der Waals surface area (Å²) in [6.07, 6.45) is 0.657. The van der Waals surface area contributed by atoms with E-state index < -0.39 is 0 Å². The lowest BCUT2D eigenvalue weighted by Gasteiger charge is -2.27. The van der Waals surface area contributed by atoms with Gasteiger partial charge in [-0.05, 0) is 29.4 Å². The van der Waals surface area contributed by atoms with Crippen molar-refractivity contribution < 1.29 is 4.79 Å². The lowest BCUT2D eigenvalue weighted by molar-refractivity contribution is -0.128. The Balaban J connectivity index is 2.04. The van der Waals surface area contributed by atoms with Gasteiger partial charge in [0.15, 0.2) is 0 Å². The van der Waals surface area contributed by atoms with E-state index in [0.717, 1.165) is 12.1 Å². The Hall–Kier alpha value is -1.35. The maximum atomic E-state index is 12.2. The Morgan fingerprint density at radius 2 is 2.00 bits per heavy atom. The highest BCUT2D eigenvalue weighted by Crippen LogP contribution is 2.34. The second kappa shape index (κ2) is 5.57. The van der Waals surface area contributed by atoms with Crippen LogP contribution in [0.1, 0.15) is 44.4 Å². The van der Waals surface area contributed by atoms with Crippen LogP contribution in [0.5, 0.6) is 0 Å². The van der Waals surface area contributed by atoms with Crippen LogP contribution in [0, 0.1) is 18.3 Å². The lowest BCUT2D eigenvalue weighted by Crippen LogP contribution is -2.34. The molecular formula is C17H26N2O. The number of hydrogen-bond acceptors (Lipinski definition) is 2. The molecule has 1 aliphatic heterocycles. The Morgan fingerprint density at radius 3 is 2.55 bits per heavy atom. The first-order valence-electron chi connectivity index (χ1n) is 7.38. The first kappa shape index (κ1) is 15.0. The molecule has 3 nitrogen and oxygen atoms in total. The molecule has 1 aromatic carbocycles. The van der Waals surface area contributed by atoms with Gasteiger partial charge in [0, 0.05) is 25.6 Å². The van der Waals surface area contributed by atoms with Gasteiger partial charge in [-0.15, -0.1) is 0 Å². The number of nitrogens with zero attached hydrogens (tertiary/aromatic N) is 1. The van der Waals surface area contributed by atoms with Crippen molar-refractivity contribution >= 4 is 5.91 Å². The van der Waals surface area contributed by atoms with E-state index in [4.69, 9.17) is 5.73 Å². The molecular weight excluding hydrogens is 248 g/mol. The maximum absolute atomic E-state index is 12.2. The van der Waals surface area contributed by atoms with Crippen molar-refractivity contribution in [3.8, 4) is 0 Å². The first-order chi connectivity index (χ1) is 9.29. The van der Waals surface area contributed by atoms with Crippen LogP contribution in [0.25, 0.3) is 0 Å². The van der Waals surface area contributed by atoms with E-state index in [2.05, 4.69) is 39.8 Å². The summed E-state index contributed by atoms with van der Waals surface area (Å²) in [6.45, 7) is 10.1. The fraction of sp³-hybridized carbons (Fsp3) is 0.588. The number of likely N-dealkylation sites (tertiary alicyclic amines) is 1. The van der Waals surface area contributed by atoms with Crippen LogP contribution in [-0.2, 0) is 4.79 Å². The van der Waals surface area contributed by atoms with Crippen molar-refractivity contribution in [1.82, 2.24) is 4.90 Å². The highest BCUT2D eigenvalue weighted by Gasteiger charge is 2.37. The molecule has 0 saturated carbocycles. The van der Waals surface area contributed by atoms with Crippen LogP contribution < -0.4 is 5.73 Å². The molecule has 1 aromatic rings. The summed E-state index contributed by atoms with van der Waals surface area (Å²) in [5.74, 6) is 0.674. The molecule has 110 valence electrons. The third-order valence-corrected chi connectivity index (χ3v) is 4.44. The van der Waals surface area contributed by atoms with E-state index in [1.54, 1.807) is 0 Å². The first-order valence-corrected chi connectivity index (χ1v) is 7.38. The number of carbonyl (C=O) groups excluding carboxylic acids is 1. The zero-order chi connectivity index (χ0) is 14.9. The topological polar surface area (TPSA) is 46.3 Å². The summed E-state index contributed by atoms with van der Waals surface area (Å²) in [4.78, 5) is 14.1. The third-order valence-electron chi connectivity index (χ3n) is 4.44. The molecule has 2 unspecified atom stereocenters. The van der Waals surface area contributed by atoms with E-state index in [1.165, 1.54) is 5.56 Å². The van der Waals surface area contributed by atoms with Crippen LogP contribution in [-0.4, -0.2) is 23.9 Å². The number of aryl methyl sites for hydroxylation is 1. The number of nitrogens with two attached hydrogens (primary N) is 1. The van der Waals surface area contributed by atoms with E-state index in [9.17, 15) is 4.79 Å². The number of benzene rings is 1.